The van der Waals surface area contributed by atoms with E-state index in [2.05, 4.69) is 10.3 Å². The Morgan fingerprint density at radius 2 is 2.24 bits per heavy atom. The van der Waals surface area contributed by atoms with Crippen molar-refractivity contribution >= 4 is 11.7 Å². The van der Waals surface area contributed by atoms with Gasteiger partial charge in [0.2, 0.25) is 5.91 Å². The molecule has 0 spiro atoms. The molecule has 0 saturated carbocycles. The van der Waals surface area contributed by atoms with Gasteiger partial charge in [0.25, 0.3) is 0 Å². The summed E-state index contributed by atoms with van der Waals surface area (Å²) in [4.78, 5) is 26.3. The zero-order valence-corrected chi connectivity index (χ0v) is 9.85. The average Bonchev–Trinajstić information content (AvgIpc) is 2.34. The number of rotatable bonds is 6. The maximum atomic E-state index is 11.6. The van der Waals surface area contributed by atoms with Crippen molar-refractivity contribution in [2.75, 3.05) is 6.54 Å². The molecule has 0 radical (unpaired) electrons. The van der Waals surface area contributed by atoms with Gasteiger partial charge in [-0.25, -0.2) is 0 Å². The first kappa shape index (κ1) is 13.3. The van der Waals surface area contributed by atoms with Crippen LogP contribution in [0.5, 0.6) is 0 Å². The summed E-state index contributed by atoms with van der Waals surface area (Å²) in [7, 11) is 0. The number of amides is 1. The van der Waals surface area contributed by atoms with Crippen LogP contribution >= 0.6 is 0 Å². The van der Waals surface area contributed by atoms with Crippen LogP contribution in [0.15, 0.2) is 24.4 Å². The lowest BCUT2D eigenvalue weighted by Crippen LogP contribution is -2.35. The normalized spacial score (nSPS) is 11.9. The van der Waals surface area contributed by atoms with Gasteiger partial charge in [-0.3, -0.25) is 9.78 Å². The van der Waals surface area contributed by atoms with Crippen LogP contribution in [0.25, 0.3) is 0 Å². The molecule has 1 heterocycles. The molecular weight excluding hydrogens is 218 g/mol. The van der Waals surface area contributed by atoms with E-state index in [4.69, 9.17) is 5.73 Å². The summed E-state index contributed by atoms with van der Waals surface area (Å²) in [5.41, 5.74) is 6.28. The molecule has 0 aromatic carbocycles. The summed E-state index contributed by atoms with van der Waals surface area (Å²) < 4.78 is 0. The van der Waals surface area contributed by atoms with Gasteiger partial charge in [-0.05, 0) is 25.5 Å². The van der Waals surface area contributed by atoms with E-state index < -0.39 is 6.04 Å². The third-order valence-electron chi connectivity index (χ3n) is 2.29. The number of nitrogens with one attached hydrogen (secondary N) is 1. The lowest BCUT2D eigenvalue weighted by Gasteiger charge is -2.11. The summed E-state index contributed by atoms with van der Waals surface area (Å²) in [6.07, 6.45) is 2.70. The summed E-state index contributed by atoms with van der Waals surface area (Å²) in [5.74, 6) is -0.152. The highest BCUT2D eigenvalue weighted by Crippen LogP contribution is 2.05. The molecule has 5 heteroatoms. The van der Waals surface area contributed by atoms with Crippen molar-refractivity contribution in [3.8, 4) is 0 Å². The van der Waals surface area contributed by atoms with Gasteiger partial charge in [-0.15, -0.1) is 0 Å². The minimum absolute atomic E-state index is 0.119. The largest absolute Gasteiger partial charge is 0.354 e. The predicted molar refractivity (Wildman–Crippen MR) is 64.1 cm³/mol. The highest BCUT2D eigenvalue weighted by Gasteiger charge is 2.15. The second-order valence-electron chi connectivity index (χ2n) is 3.83. The molecule has 17 heavy (non-hydrogen) atoms. The highest BCUT2D eigenvalue weighted by molar-refractivity contribution is 5.82. The molecule has 1 amide bonds. The number of nitrogens with two attached hydrogens (primary N) is 1. The van der Waals surface area contributed by atoms with E-state index >= 15 is 0 Å². The Balaban J connectivity index is 2.35. The van der Waals surface area contributed by atoms with Gasteiger partial charge in [0.05, 0.1) is 5.69 Å². The standard InChI is InChI=1S/C12H17N3O2/c1-9(16)5-4-8-15-12(17)11(13)10-6-2-3-7-14-10/h2-3,6-7,11H,4-5,8,13H2,1H3,(H,15,17). The minimum Gasteiger partial charge on any atom is -0.354 e. The van der Waals surface area contributed by atoms with Crippen molar-refractivity contribution < 1.29 is 9.59 Å². The summed E-state index contributed by atoms with van der Waals surface area (Å²) in [5, 5.41) is 2.68. The van der Waals surface area contributed by atoms with Gasteiger partial charge >= 0.3 is 0 Å². The molecule has 0 aliphatic rings. The fourth-order valence-corrected chi connectivity index (χ4v) is 1.35. The fraction of sp³-hybridized carbons (Fsp3) is 0.417. The number of carbonyl (C=O) groups excluding carboxylic acids is 2. The zero-order valence-electron chi connectivity index (χ0n) is 9.85. The Labute approximate surface area is 100 Å². The molecule has 0 saturated heterocycles. The maximum Gasteiger partial charge on any atom is 0.243 e. The number of ketones is 1. The fourth-order valence-electron chi connectivity index (χ4n) is 1.35. The van der Waals surface area contributed by atoms with Crippen LogP contribution in [0.2, 0.25) is 0 Å². The van der Waals surface area contributed by atoms with Crippen molar-refractivity contribution in [1.82, 2.24) is 10.3 Å². The molecule has 0 fully saturated rings. The molecule has 1 unspecified atom stereocenters. The predicted octanol–water partition coefficient (Wildman–Crippen LogP) is 0.567. The van der Waals surface area contributed by atoms with Crippen LogP contribution in [0.1, 0.15) is 31.5 Å². The van der Waals surface area contributed by atoms with Crippen LogP contribution < -0.4 is 11.1 Å². The first-order valence-electron chi connectivity index (χ1n) is 5.55. The summed E-state index contributed by atoms with van der Waals surface area (Å²) in [6.45, 7) is 1.99. The van der Waals surface area contributed by atoms with Gasteiger partial charge in [-0.2, -0.15) is 0 Å². The van der Waals surface area contributed by atoms with Gasteiger partial charge < -0.3 is 15.8 Å². The average molecular weight is 235 g/mol. The molecule has 1 atom stereocenters. The van der Waals surface area contributed by atoms with E-state index in [1.165, 1.54) is 6.92 Å². The Kier molecular flexibility index (Phi) is 5.29. The van der Waals surface area contributed by atoms with Crippen molar-refractivity contribution in [1.29, 1.82) is 0 Å². The zero-order chi connectivity index (χ0) is 12.7. The van der Waals surface area contributed by atoms with Crippen LogP contribution in [-0.2, 0) is 9.59 Å². The minimum atomic E-state index is -0.756. The van der Waals surface area contributed by atoms with Crippen molar-refractivity contribution in [3.63, 3.8) is 0 Å². The number of pyridine rings is 1. The first-order chi connectivity index (χ1) is 8.11. The van der Waals surface area contributed by atoms with Crippen molar-refractivity contribution in [3.05, 3.63) is 30.1 Å². The molecule has 92 valence electrons. The monoisotopic (exact) mass is 235 g/mol. The molecule has 0 aliphatic heterocycles. The van der Waals surface area contributed by atoms with Gasteiger partial charge in [-0.1, -0.05) is 6.07 Å². The molecular formula is C12H17N3O2. The molecule has 1 rings (SSSR count). The molecule has 1 aromatic heterocycles. The second-order valence-corrected chi connectivity index (χ2v) is 3.83. The summed E-state index contributed by atoms with van der Waals surface area (Å²) in [6, 6.07) is 4.50. The number of aromatic nitrogens is 1. The van der Waals surface area contributed by atoms with Crippen LogP contribution in [0.3, 0.4) is 0 Å². The highest BCUT2D eigenvalue weighted by atomic mass is 16.2. The number of nitrogens with zero attached hydrogens (tertiary/aromatic N) is 1. The van der Waals surface area contributed by atoms with Gasteiger partial charge in [0.15, 0.2) is 0 Å². The van der Waals surface area contributed by atoms with Crippen molar-refractivity contribution in [2.24, 2.45) is 5.73 Å². The molecule has 0 aliphatic carbocycles. The number of hydrogen-bond donors (Lipinski definition) is 2. The van der Waals surface area contributed by atoms with E-state index in [-0.39, 0.29) is 11.7 Å². The molecule has 1 aromatic rings. The van der Waals surface area contributed by atoms with E-state index in [1.807, 2.05) is 0 Å². The third kappa shape index (κ3) is 4.74. The van der Waals surface area contributed by atoms with Crippen LogP contribution in [-0.4, -0.2) is 23.2 Å². The number of Topliss-reactive ketones (excluding diaryl/α,β-unsaturated/α-hetero) is 1. The Morgan fingerprint density at radius 1 is 1.47 bits per heavy atom. The number of carbonyl (C=O) groups is 2. The topological polar surface area (TPSA) is 85.1 Å². The Morgan fingerprint density at radius 3 is 2.82 bits per heavy atom. The van der Waals surface area contributed by atoms with Crippen LogP contribution in [0, 0.1) is 0 Å². The van der Waals surface area contributed by atoms with Gasteiger partial charge in [0.1, 0.15) is 11.8 Å². The van der Waals surface area contributed by atoms with E-state index in [1.54, 1.807) is 24.4 Å². The van der Waals surface area contributed by atoms with E-state index in [9.17, 15) is 9.59 Å². The number of hydrogen-bond acceptors (Lipinski definition) is 4. The quantitative estimate of drug-likeness (QED) is 0.706. The SMILES string of the molecule is CC(=O)CCCNC(=O)C(N)c1ccccn1. The lowest BCUT2D eigenvalue weighted by atomic mass is 10.2. The van der Waals surface area contributed by atoms with Crippen molar-refractivity contribution in [2.45, 2.75) is 25.8 Å². The molecule has 5 nitrogen and oxygen atoms in total. The van der Waals surface area contributed by atoms with E-state index in [0.717, 1.165) is 0 Å². The second kappa shape index (κ2) is 6.75. The lowest BCUT2D eigenvalue weighted by molar-refractivity contribution is -0.123. The Hall–Kier alpha value is -1.75. The first-order valence-corrected chi connectivity index (χ1v) is 5.55. The van der Waals surface area contributed by atoms with Crippen LogP contribution in [0.4, 0.5) is 0 Å². The third-order valence-corrected chi connectivity index (χ3v) is 2.29. The smallest absolute Gasteiger partial charge is 0.243 e. The van der Waals surface area contributed by atoms with E-state index in [0.29, 0.717) is 25.1 Å². The molecule has 3 N–H and O–H groups in total. The molecule has 0 bridgehead atoms. The summed E-state index contributed by atoms with van der Waals surface area (Å²) >= 11 is 0. The maximum absolute atomic E-state index is 11.6. The Bertz CT molecular complexity index is 379. The van der Waals surface area contributed by atoms with Gasteiger partial charge in [0, 0.05) is 19.2 Å².